The Balaban J connectivity index is 1.58. The van der Waals surface area contributed by atoms with Gasteiger partial charge in [-0.15, -0.1) is 0 Å². The maximum Gasteiger partial charge on any atom is 0.151 e. The van der Waals surface area contributed by atoms with Crippen molar-refractivity contribution < 1.29 is 4.74 Å². The van der Waals surface area contributed by atoms with E-state index in [2.05, 4.69) is 125 Å². The Bertz CT molecular complexity index is 1770. The van der Waals surface area contributed by atoms with Gasteiger partial charge >= 0.3 is 0 Å². The highest BCUT2D eigenvalue weighted by Crippen LogP contribution is 2.52. The van der Waals surface area contributed by atoms with Crippen LogP contribution in [0.2, 0.25) is 0 Å². The molecule has 0 fully saturated rings. The fraction of sp³-hybridized carbons (Fsp3) is 0.0294. The van der Waals surface area contributed by atoms with E-state index in [4.69, 9.17) is 9.72 Å². The van der Waals surface area contributed by atoms with Crippen LogP contribution in [0.3, 0.4) is 0 Å². The first-order valence-corrected chi connectivity index (χ1v) is 13.4. The average Bonchev–Trinajstić information content (AvgIpc) is 2.97. The molecule has 4 heteroatoms. The van der Waals surface area contributed by atoms with Gasteiger partial charge in [-0.3, -0.25) is 0 Å². The number of benzene rings is 5. The molecule has 1 aliphatic rings. The van der Waals surface area contributed by atoms with Gasteiger partial charge in [-0.25, -0.2) is 4.98 Å². The lowest BCUT2D eigenvalue weighted by atomic mass is 9.94. The number of anilines is 3. The van der Waals surface area contributed by atoms with Crippen molar-refractivity contribution in [3.8, 4) is 33.9 Å². The summed E-state index contributed by atoms with van der Waals surface area (Å²) in [6, 6.07) is 41.9. The zero-order valence-corrected chi connectivity index (χ0v) is 22.3. The molecule has 0 atom stereocenters. The predicted molar refractivity (Wildman–Crippen MR) is 160 cm³/mol. The van der Waals surface area contributed by atoms with Crippen LogP contribution in [0.15, 0.2) is 126 Å². The Morgan fingerprint density at radius 1 is 0.632 bits per heavy atom. The van der Waals surface area contributed by atoms with Crippen LogP contribution < -0.4 is 9.64 Å². The van der Waals surface area contributed by atoms with Crippen molar-refractivity contribution >= 4 is 43.9 Å². The average molecular weight is 555 g/mol. The quantitative estimate of drug-likeness (QED) is 0.217. The molecule has 3 nitrogen and oxygen atoms in total. The van der Waals surface area contributed by atoms with Crippen LogP contribution >= 0.6 is 15.9 Å². The largest absolute Gasteiger partial charge is 0.453 e. The molecule has 0 radical (unpaired) electrons. The minimum Gasteiger partial charge on any atom is -0.453 e. The lowest BCUT2D eigenvalue weighted by Crippen LogP contribution is -2.16. The third-order valence-electron chi connectivity index (χ3n) is 7.05. The number of hydrogen-bond acceptors (Lipinski definition) is 3. The third kappa shape index (κ3) is 3.77. The summed E-state index contributed by atoms with van der Waals surface area (Å²) in [5.41, 5.74) is 9.49. The second-order valence-electron chi connectivity index (χ2n) is 9.43. The third-order valence-corrected chi connectivity index (χ3v) is 7.57. The summed E-state index contributed by atoms with van der Waals surface area (Å²) in [5, 5.41) is 1.15. The summed E-state index contributed by atoms with van der Waals surface area (Å²) in [6.45, 7) is 2.17. The van der Waals surface area contributed by atoms with Gasteiger partial charge in [0, 0.05) is 15.4 Å². The van der Waals surface area contributed by atoms with E-state index in [9.17, 15) is 0 Å². The van der Waals surface area contributed by atoms with E-state index in [1.807, 2.05) is 24.3 Å². The van der Waals surface area contributed by atoms with E-state index in [0.717, 1.165) is 55.2 Å². The number of pyridine rings is 1. The lowest BCUT2D eigenvalue weighted by molar-refractivity contribution is 0.477. The fourth-order valence-electron chi connectivity index (χ4n) is 5.25. The van der Waals surface area contributed by atoms with Crippen molar-refractivity contribution in [2.24, 2.45) is 0 Å². The van der Waals surface area contributed by atoms with Gasteiger partial charge in [0.15, 0.2) is 11.5 Å². The van der Waals surface area contributed by atoms with Crippen molar-refractivity contribution in [1.82, 2.24) is 4.98 Å². The fourth-order valence-corrected chi connectivity index (χ4v) is 5.52. The van der Waals surface area contributed by atoms with Gasteiger partial charge in [-0.2, -0.15) is 0 Å². The zero-order valence-electron chi connectivity index (χ0n) is 20.7. The van der Waals surface area contributed by atoms with E-state index in [0.29, 0.717) is 0 Å². The van der Waals surface area contributed by atoms with Gasteiger partial charge < -0.3 is 9.64 Å². The molecule has 0 saturated heterocycles. The van der Waals surface area contributed by atoms with Crippen molar-refractivity contribution in [1.29, 1.82) is 0 Å². The highest BCUT2D eigenvalue weighted by atomic mass is 79.9. The number of fused-ring (bicyclic) bond motifs is 3. The number of hydrogen-bond donors (Lipinski definition) is 0. The Hall–Kier alpha value is -4.41. The number of aromatic nitrogens is 1. The molecule has 0 N–H and O–H groups in total. The van der Waals surface area contributed by atoms with Crippen LogP contribution in [0.1, 0.15) is 5.56 Å². The van der Waals surface area contributed by atoms with E-state index in [1.165, 1.54) is 16.7 Å². The molecule has 0 unspecified atom stereocenters. The van der Waals surface area contributed by atoms with Gasteiger partial charge in [0.25, 0.3) is 0 Å². The molecule has 1 aliphatic heterocycles. The van der Waals surface area contributed by atoms with E-state index in [-0.39, 0.29) is 0 Å². The first-order valence-electron chi connectivity index (χ1n) is 12.6. The molecule has 0 amide bonds. The molecule has 5 aromatic carbocycles. The Morgan fingerprint density at radius 2 is 1.26 bits per heavy atom. The van der Waals surface area contributed by atoms with Crippen LogP contribution in [0.4, 0.5) is 17.1 Å². The van der Waals surface area contributed by atoms with Gasteiger partial charge in [-0.1, -0.05) is 88.7 Å². The number of aryl methyl sites for hydroxylation is 1. The molecule has 182 valence electrons. The maximum atomic E-state index is 6.30. The maximum absolute atomic E-state index is 6.30. The number of rotatable bonds is 3. The van der Waals surface area contributed by atoms with Gasteiger partial charge in [-0.05, 0) is 72.1 Å². The van der Waals surface area contributed by atoms with Gasteiger partial charge in [0.1, 0.15) is 0 Å². The van der Waals surface area contributed by atoms with Crippen LogP contribution in [0.25, 0.3) is 33.3 Å². The standard InChI is InChI=1S/C34H23BrN2O/c1-22-15-20-30(37-28-11-5-7-13-31(28)38-32-14-8-6-12-29(32)37)34-33(22)26(23-9-3-2-4-10-23)21-27(36-34)24-16-18-25(35)19-17-24/h2-21H,1H3. The second kappa shape index (κ2) is 9.16. The second-order valence-corrected chi connectivity index (χ2v) is 10.3. The highest BCUT2D eigenvalue weighted by Gasteiger charge is 2.28. The monoisotopic (exact) mass is 554 g/mol. The molecular formula is C34H23BrN2O. The topological polar surface area (TPSA) is 25.4 Å². The van der Waals surface area contributed by atoms with Gasteiger partial charge in [0.2, 0.25) is 0 Å². The molecule has 0 bridgehead atoms. The Kier molecular flexibility index (Phi) is 5.49. The molecule has 6 aromatic rings. The van der Waals surface area contributed by atoms with Crippen molar-refractivity contribution in [2.45, 2.75) is 6.92 Å². The zero-order chi connectivity index (χ0) is 25.6. The normalized spacial score (nSPS) is 12.1. The number of ether oxygens (including phenoxy) is 1. The molecular weight excluding hydrogens is 532 g/mol. The van der Waals surface area contributed by atoms with Crippen LogP contribution in [0.5, 0.6) is 11.5 Å². The van der Waals surface area contributed by atoms with Crippen LogP contribution in [-0.4, -0.2) is 4.98 Å². The van der Waals surface area contributed by atoms with Crippen molar-refractivity contribution in [2.75, 3.05) is 4.90 Å². The Morgan fingerprint density at radius 3 is 1.95 bits per heavy atom. The molecule has 38 heavy (non-hydrogen) atoms. The van der Waals surface area contributed by atoms with Crippen molar-refractivity contribution in [3.63, 3.8) is 0 Å². The van der Waals surface area contributed by atoms with E-state index >= 15 is 0 Å². The summed E-state index contributed by atoms with van der Waals surface area (Å²) in [4.78, 5) is 7.63. The summed E-state index contributed by atoms with van der Waals surface area (Å²) < 4.78 is 7.34. The van der Waals surface area contributed by atoms with E-state index in [1.54, 1.807) is 0 Å². The van der Waals surface area contributed by atoms with Gasteiger partial charge in [0.05, 0.1) is 28.3 Å². The molecule has 0 aliphatic carbocycles. The predicted octanol–water partition coefficient (Wildman–Crippen LogP) is 10.2. The molecule has 1 aromatic heterocycles. The van der Waals surface area contributed by atoms with Crippen LogP contribution in [0, 0.1) is 6.92 Å². The van der Waals surface area contributed by atoms with Crippen molar-refractivity contribution in [3.05, 3.63) is 131 Å². The van der Waals surface area contributed by atoms with Crippen LogP contribution in [-0.2, 0) is 0 Å². The SMILES string of the molecule is Cc1ccc(N2c3ccccc3Oc3ccccc32)c2nc(-c3ccc(Br)cc3)cc(-c3ccccc3)c12. The summed E-state index contributed by atoms with van der Waals surface area (Å²) in [6.07, 6.45) is 0. The number of para-hydroxylation sites is 4. The molecule has 0 spiro atoms. The molecule has 7 rings (SSSR count). The minimum atomic E-state index is 0.826. The summed E-state index contributed by atoms with van der Waals surface area (Å²) in [5.74, 6) is 1.65. The number of halogens is 1. The highest BCUT2D eigenvalue weighted by molar-refractivity contribution is 9.10. The Labute approximate surface area is 230 Å². The molecule has 0 saturated carbocycles. The minimum absolute atomic E-state index is 0.826. The summed E-state index contributed by atoms with van der Waals surface area (Å²) >= 11 is 3.57. The summed E-state index contributed by atoms with van der Waals surface area (Å²) in [7, 11) is 0. The molecule has 2 heterocycles. The first-order chi connectivity index (χ1) is 18.7. The number of nitrogens with zero attached hydrogens (tertiary/aromatic N) is 2. The van der Waals surface area contributed by atoms with E-state index < -0.39 is 0 Å². The lowest BCUT2D eigenvalue weighted by Gasteiger charge is -2.33. The smallest absolute Gasteiger partial charge is 0.151 e. The first kappa shape index (κ1) is 22.8.